The molecule has 2 saturated carbocycles. The average Bonchev–Trinajstić information content (AvgIpc) is 3.82. The maximum absolute atomic E-state index is 14.7. The molecule has 0 amide bonds. The van der Waals surface area contributed by atoms with Crippen LogP contribution in [-0.4, -0.2) is 83.6 Å². The molecule has 0 aromatic rings. The summed E-state index contributed by atoms with van der Waals surface area (Å²) < 4.78 is 12.8. The Labute approximate surface area is 291 Å². The summed E-state index contributed by atoms with van der Waals surface area (Å²) in [5, 5.41) is 24.9. The van der Waals surface area contributed by atoms with E-state index in [0.29, 0.717) is 43.1 Å². The van der Waals surface area contributed by atoms with Crippen LogP contribution in [0.5, 0.6) is 0 Å². The number of hydrogen-bond donors (Lipinski definition) is 5. The van der Waals surface area contributed by atoms with Crippen LogP contribution >= 0.6 is 0 Å². The lowest BCUT2D eigenvalue weighted by Gasteiger charge is -2.40. The fraction of sp³-hybridized carbons (Fsp3) is 0.769. The minimum absolute atomic E-state index is 0.00211. The number of carbonyl (C=O) groups excluding carboxylic acids is 3. The van der Waals surface area contributed by atoms with Gasteiger partial charge in [-0.05, 0) is 107 Å². The number of ketones is 2. The maximum Gasteiger partial charge on any atom is 0.350 e. The molecule has 272 valence electrons. The second kappa shape index (κ2) is 15.6. The van der Waals surface area contributed by atoms with Crippen molar-refractivity contribution in [2.75, 3.05) is 26.3 Å². The first-order chi connectivity index (χ1) is 23.7. The van der Waals surface area contributed by atoms with E-state index in [0.717, 1.165) is 76.5 Å². The third-order valence-corrected chi connectivity index (χ3v) is 13.0. The van der Waals surface area contributed by atoms with Crippen molar-refractivity contribution in [1.29, 1.82) is 0 Å². The van der Waals surface area contributed by atoms with Crippen molar-refractivity contribution in [2.24, 2.45) is 35.3 Å². The van der Waals surface area contributed by atoms with Gasteiger partial charge in [0.25, 0.3) is 5.60 Å². The van der Waals surface area contributed by atoms with Crippen LogP contribution in [0.4, 0.5) is 0 Å². The zero-order valence-corrected chi connectivity index (χ0v) is 29.7. The van der Waals surface area contributed by atoms with Crippen molar-refractivity contribution < 1.29 is 44.7 Å². The molecule has 10 heteroatoms. The SMILES string of the molecule is CC[NH2+][C@H]1C=C2C=CCC[C@H]2C[C@H]1[C@H](CCCO)OC(=O)[C@]12O[C@@]1(CC(CO)=C(C)CCC1CC[NH2+]C(N)C1)C(=O)C1CCCCC1C2=O. The molecule has 10 atom stereocenters. The van der Waals surface area contributed by atoms with E-state index in [-0.39, 0.29) is 49.3 Å². The molecule has 4 fully saturated rings. The number of hydrogen-bond acceptors (Lipinski definition) is 8. The molecular weight excluding hydrogens is 622 g/mol. The third kappa shape index (κ3) is 7.03. The van der Waals surface area contributed by atoms with Crippen LogP contribution in [-0.2, 0) is 23.9 Å². The van der Waals surface area contributed by atoms with Gasteiger partial charge in [-0.15, -0.1) is 0 Å². The first-order valence-electron chi connectivity index (χ1n) is 19.4. The van der Waals surface area contributed by atoms with Gasteiger partial charge in [0, 0.05) is 31.3 Å². The van der Waals surface area contributed by atoms with Gasteiger partial charge in [-0.1, -0.05) is 30.6 Å². The third-order valence-electron chi connectivity index (χ3n) is 13.0. The van der Waals surface area contributed by atoms with Crippen molar-refractivity contribution in [2.45, 2.75) is 133 Å². The number of aliphatic hydroxyl groups is 2. The number of ether oxygens (including phenoxy) is 2. The van der Waals surface area contributed by atoms with Crippen molar-refractivity contribution in [3.05, 3.63) is 34.9 Å². The van der Waals surface area contributed by atoms with E-state index in [1.165, 1.54) is 5.57 Å². The second-order valence-corrected chi connectivity index (χ2v) is 15.9. The summed E-state index contributed by atoms with van der Waals surface area (Å²) in [4.78, 5) is 43.6. The van der Waals surface area contributed by atoms with Crippen molar-refractivity contribution in [3.8, 4) is 0 Å². The summed E-state index contributed by atoms with van der Waals surface area (Å²) in [6, 6.07) is 0.0902. The number of piperidine rings is 1. The van der Waals surface area contributed by atoms with Crippen molar-refractivity contribution >= 4 is 17.5 Å². The Kier molecular flexibility index (Phi) is 11.6. The largest absolute Gasteiger partial charge is 0.459 e. The molecule has 4 unspecified atom stereocenters. The maximum atomic E-state index is 14.7. The Bertz CT molecular complexity index is 1340. The molecule has 8 N–H and O–H groups in total. The van der Waals surface area contributed by atoms with Gasteiger partial charge in [0.05, 0.1) is 25.6 Å². The van der Waals surface area contributed by atoms with Crippen molar-refractivity contribution in [3.63, 3.8) is 0 Å². The van der Waals surface area contributed by atoms with Crippen molar-refractivity contribution in [1.82, 2.24) is 0 Å². The smallest absolute Gasteiger partial charge is 0.350 e. The molecular formula is C39H61N3O7+2. The quantitative estimate of drug-likeness (QED) is 0.0798. The summed E-state index contributed by atoms with van der Waals surface area (Å²) in [7, 11) is 0. The first kappa shape index (κ1) is 36.6. The van der Waals surface area contributed by atoms with Crippen LogP contribution in [0.3, 0.4) is 0 Å². The number of quaternary nitrogens is 2. The predicted molar refractivity (Wildman–Crippen MR) is 184 cm³/mol. The summed E-state index contributed by atoms with van der Waals surface area (Å²) >= 11 is 0. The summed E-state index contributed by atoms with van der Waals surface area (Å²) in [6.45, 7) is 5.68. The minimum Gasteiger partial charge on any atom is -0.459 e. The molecule has 2 heterocycles. The number of allylic oxidation sites excluding steroid dienone is 4. The fourth-order valence-electron chi connectivity index (χ4n) is 10.1. The highest BCUT2D eigenvalue weighted by Gasteiger charge is 2.87. The number of nitrogens with two attached hydrogens (primary N) is 3. The number of aliphatic hydroxyl groups excluding tert-OH is 2. The van der Waals surface area contributed by atoms with Gasteiger partial charge in [-0.3, -0.25) is 15.3 Å². The first-order valence-corrected chi connectivity index (χ1v) is 19.4. The predicted octanol–water partition coefficient (Wildman–Crippen LogP) is 1.74. The van der Waals surface area contributed by atoms with Gasteiger partial charge in [-0.25, -0.2) is 4.79 Å². The monoisotopic (exact) mass is 683 g/mol. The highest BCUT2D eigenvalue weighted by Crippen LogP contribution is 2.62. The van der Waals surface area contributed by atoms with Gasteiger partial charge >= 0.3 is 5.97 Å². The highest BCUT2D eigenvalue weighted by atomic mass is 16.7. The van der Waals surface area contributed by atoms with Gasteiger partial charge in [0.2, 0.25) is 0 Å². The van der Waals surface area contributed by atoms with Gasteiger partial charge < -0.3 is 30.3 Å². The average molecular weight is 684 g/mol. The lowest BCUT2D eigenvalue weighted by Crippen LogP contribution is -2.94. The molecule has 0 spiro atoms. The van der Waals surface area contributed by atoms with Crippen LogP contribution < -0.4 is 16.4 Å². The van der Waals surface area contributed by atoms with Crippen LogP contribution in [0.25, 0.3) is 0 Å². The Morgan fingerprint density at radius 3 is 2.63 bits per heavy atom. The number of carbonyl (C=O) groups is 3. The number of likely N-dealkylation sites (N-methyl/N-ethyl adjacent to an activating group) is 1. The Morgan fingerprint density at radius 2 is 1.92 bits per heavy atom. The van der Waals surface area contributed by atoms with E-state index in [4.69, 9.17) is 15.2 Å². The summed E-state index contributed by atoms with van der Waals surface area (Å²) in [5.74, 6) is -1.39. The summed E-state index contributed by atoms with van der Waals surface area (Å²) in [5.41, 5.74) is 5.55. The lowest BCUT2D eigenvalue weighted by molar-refractivity contribution is -0.699. The molecule has 0 radical (unpaired) electrons. The van der Waals surface area contributed by atoms with Crippen LogP contribution in [0, 0.1) is 29.6 Å². The highest BCUT2D eigenvalue weighted by molar-refractivity contribution is 6.23. The molecule has 10 nitrogen and oxygen atoms in total. The van der Waals surface area contributed by atoms with Gasteiger partial charge in [0.15, 0.2) is 17.2 Å². The number of fused-ring (bicyclic) bond motifs is 3. The Balaban J connectivity index is 1.28. The molecule has 6 aliphatic rings. The second-order valence-electron chi connectivity index (χ2n) is 15.9. The topological polar surface area (TPSA) is 173 Å². The van der Waals surface area contributed by atoms with E-state index >= 15 is 0 Å². The van der Waals surface area contributed by atoms with Crippen LogP contribution in [0.1, 0.15) is 104 Å². The number of epoxide rings is 1. The number of esters is 1. The molecule has 2 aliphatic heterocycles. The standard InChI is InChI=1S/C39H59N3O7/c1-3-41-32-21-27-10-5-4-9-26(27)20-31(32)33(13-8-18-43)48-37(47)39-36(46)30-12-7-6-11-29(30)35(45)38(39,49-39)22-28(23-44)24(2)14-15-25-16-17-42-34(40)19-25/h5,10,21,25-26,29-34,41-44H,3-4,6-9,11-20,22-23,40H2,1-2H3/p+2/t25?,26-,29?,30?,31+,32-,33-,34?,38-,39-/m0/s1. The van der Waals surface area contributed by atoms with Gasteiger partial charge in [0.1, 0.15) is 18.3 Å². The Hall–Kier alpha value is -2.21. The normalized spacial score (nSPS) is 38.1. The molecule has 0 bridgehead atoms. The van der Waals surface area contributed by atoms with E-state index in [9.17, 15) is 24.6 Å². The summed E-state index contributed by atoms with van der Waals surface area (Å²) in [6.07, 6.45) is 16.8. The number of Topliss-reactive ketones (excluding diaryl/α,β-unsaturated/α-hetero) is 2. The lowest BCUT2D eigenvalue weighted by atomic mass is 9.60. The van der Waals surface area contributed by atoms with Crippen LogP contribution in [0.15, 0.2) is 34.9 Å². The fourth-order valence-corrected chi connectivity index (χ4v) is 10.1. The molecule has 0 aromatic carbocycles. The van der Waals surface area contributed by atoms with Gasteiger partial charge in [-0.2, -0.15) is 0 Å². The zero-order chi connectivity index (χ0) is 34.8. The van der Waals surface area contributed by atoms with E-state index < -0.39 is 35.1 Å². The van der Waals surface area contributed by atoms with E-state index in [1.54, 1.807) is 0 Å². The minimum atomic E-state index is -1.99. The molecule has 49 heavy (non-hydrogen) atoms. The van der Waals surface area contributed by atoms with Crippen LogP contribution in [0.2, 0.25) is 0 Å². The molecule has 2 saturated heterocycles. The van der Waals surface area contributed by atoms with E-state index in [2.05, 4.69) is 35.8 Å². The zero-order valence-electron chi connectivity index (χ0n) is 29.7. The Morgan fingerprint density at radius 1 is 1.14 bits per heavy atom. The number of rotatable bonds is 14. The molecule has 0 aromatic heterocycles. The molecule has 4 aliphatic carbocycles. The van der Waals surface area contributed by atoms with E-state index in [1.807, 2.05) is 6.92 Å². The molecule has 6 rings (SSSR count).